The van der Waals surface area contributed by atoms with Crippen molar-refractivity contribution in [2.45, 2.75) is 45.3 Å². The van der Waals surface area contributed by atoms with Crippen LogP contribution in [0.25, 0.3) is 0 Å². The summed E-state index contributed by atoms with van der Waals surface area (Å²) in [6, 6.07) is 0. The average molecular weight is 225 g/mol. The molecular formula is C7H14O3Se. The van der Waals surface area contributed by atoms with E-state index < -0.39 is 14.5 Å². The third-order valence-corrected chi connectivity index (χ3v) is 3.90. The summed E-state index contributed by atoms with van der Waals surface area (Å²) in [5.74, 6) is 0. The van der Waals surface area contributed by atoms with E-state index in [1.807, 2.05) is 27.7 Å². The van der Waals surface area contributed by atoms with Gasteiger partial charge >= 0.3 is 71.3 Å². The molecule has 66 valence electrons. The van der Waals surface area contributed by atoms with Gasteiger partial charge in [-0.15, -0.1) is 0 Å². The van der Waals surface area contributed by atoms with Gasteiger partial charge in [-0.05, 0) is 0 Å². The molecule has 1 fully saturated rings. The van der Waals surface area contributed by atoms with Gasteiger partial charge in [-0.2, -0.15) is 0 Å². The molecule has 0 atom stereocenters. The molecule has 4 heteroatoms. The van der Waals surface area contributed by atoms with Crippen LogP contribution < -0.4 is 0 Å². The molecule has 1 aliphatic heterocycles. The maximum atomic E-state index is 11.1. The fourth-order valence-electron chi connectivity index (χ4n) is 1.47. The van der Waals surface area contributed by atoms with Crippen LogP contribution in [0.15, 0.2) is 0 Å². The van der Waals surface area contributed by atoms with Crippen LogP contribution in [0.3, 0.4) is 0 Å². The minimum atomic E-state index is -2.47. The second-order valence-corrected chi connectivity index (χ2v) is 5.62. The molecule has 1 heterocycles. The van der Waals surface area contributed by atoms with E-state index in [1.54, 1.807) is 0 Å². The van der Waals surface area contributed by atoms with E-state index >= 15 is 0 Å². The standard InChI is InChI=1S/C7H14O3Se/c1-6(2)5-7(3,4)10-11(8)9-6/h5H2,1-4H3. The molecule has 0 aromatic carbocycles. The van der Waals surface area contributed by atoms with E-state index in [9.17, 15) is 3.83 Å². The van der Waals surface area contributed by atoms with Crippen LogP contribution in [0, 0.1) is 0 Å². The molecule has 11 heavy (non-hydrogen) atoms. The van der Waals surface area contributed by atoms with Crippen molar-refractivity contribution < 1.29 is 11.5 Å². The predicted octanol–water partition coefficient (Wildman–Crippen LogP) is 1.40. The topological polar surface area (TPSA) is 35.5 Å². The van der Waals surface area contributed by atoms with Crippen LogP contribution in [0.2, 0.25) is 0 Å². The molecule has 1 rings (SSSR count). The maximum absolute atomic E-state index is 11.1. The molecule has 0 unspecified atom stereocenters. The first-order valence-corrected chi connectivity index (χ1v) is 5.71. The van der Waals surface area contributed by atoms with E-state index in [4.69, 9.17) is 7.64 Å². The molecular weight excluding hydrogens is 211 g/mol. The monoisotopic (exact) mass is 226 g/mol. The Kier molecular flexibility index (Phi) is 2.23. The summed E-state index contributed by atoms with van der Waals surface area (Å²) in [5.41, 5.74) is -0.595. The van der Waals surface area contributed by atoms with Gasteiger partial charge < -0.3 is 0 Å². The summed E-state index contributed by atoms with van der Waals surface area (Å²) >= 11 is -2.47. The Morgan fingerprint density at radius 1 is 1.09 bits per heavy atom. The normalized spacial score (nSPS) is 30.2. The molecule has 0 bridgehead atoms. The van der Waals surface area contributed by atoms with Crippen LogP contribution in [0.5, 0.6) is 0 Å². The van der Waals surface area contributed by atoms with Crippen molar-refractivity contribution in [2.75, 3.05) is 0 Å². The second kappa shape index (κ2) is 2.63. The molecule has 0 amide bonds. The zero-order chi connectivity index (χ0) is 8.70. The van der Waals surface area contributed by atoms with E-state index in [2.05, 4.69) is 0 Å². The summed E-state index contributed by atoms with van der Waals surface area (Å²) in [6.45, 7) is 7.74. The Hall–Kier alpha value is 0.239. The number of hydrogen-bond donors (Lipinski definition) is 0. The molecule has 0 aliphatic carbocycles. The van der Waals surface area contributed by atoms with Gasteiger partial charge in [0.2, 0.25) is 0 Å². The van der Waals surface area contributed by atoms with Crippen LogP contribution >= 0.6 is 0 Å². The molecule has 0 N–H and O–H groups in total. The molecule has 3 nitrogen and oxygen atoms in total. The minimum absolute atomic E-state index is 0.297. The Morgan fingerprint density at radius 2 is 1.45 bits per heavy atom. The van der Waals surface area contributed by atoms with Gasteiger partial charge in [-0.1, -0.05) is 0 Å². The van der Waals surface area contributed by atoms with Gasteiger partial charge in [0.1, 0.15) is 0 Å². The van der Waals surface area contributed by atoms with Crippen molar-refractivity contribution in [1.82, 2.24) is 0 Å². The van der Waals surface area contributed by atoms with Gasteiger partial charge in [-0.3, -0.25) is 0 Å². The molecule has 0 radical (unpaired) electrons. The first kappa shape index (κ1) is 9.33. The summed E-state index contributed by atoms with van der Waals surface area (Å²) < 4.78 is 21.4. The van der Waals surface area contributed by atoms with E-state index in [0.717, 1.165) is 6.42 Å². The number of rotatable bonds is 0. The first-order chi connectivity index (χ1) is 4.81. The Balaban J connectivity index is 2.74. The van der Waals surface area contributed by atoms with Crippen molar-refractivity contribution in [3.8, 4) is 0 Å². The van der Waals surface area contributed by atoms with Crippen LogP contribution in [0.1, 0.15) is 34.1 Å². The number of hydrogen-bond acceptors (Lipinski definition) is 3. The zero-order valence-electron chi connectivity index (χ0n) is 7.34. The third kappa shape index (κ3) is 2.64. The quantitative estimate of drug-likeness (QED) is 0.584. The van der Waals surface area contributed by atoms with Crippen molar-refractivity contribution >= 4 is 14.5 Å². The summed E-state index contributed by atoms with van der Waals surface area (Å²) in [5, 5.41) is 0. The van der Waals surface area contributed by atoms with Crippen molar-refractivity contribution in [3.63, 3.8) is 0 Å². The first-order valence-electron chi connectivity index (χ1n) is 3.62. The Bertz CT molecular complexity index is 168. The summed E-state index contributed by atoms with van der Waals surface area (Å²) in [7, 11) is 0. The van der Waals surface area contributed by atoms with Gasteiger partial charge in [-0.25, -0.2) is 0 Å². The van der Waals surface area contributed by atoms with Crippen LogP contribution in [-0.2, 0) is 11.5 Å². The average Bonchev–Trinajstić information content (AvgIpc) is 1.49. The molecule has 0 saturated carbocycles. The van der Waals surface area contributed by atoms with E-state index in [0.29, 0.717) is 0 Å². The Labute approximate surface area is 71.8 Å². The fraction of sp³-hybridized carbons (Fsp3) is 1.00. The van der Waals surface area contributed by atoms with E-state index in [1.165, 1.54) is 0 Å². The van der Waals surface area contributed by atoms with E-state index in [-0.39, 0.29) is 11.2 Å². The predicted molar refractivity (Wildman–Crippen MR) is 41.4 cm³/mol. The second-order valence-electron chi connectivity index (χ2n) is 4.07. The van der Waals surface area contributed by atoms with Gasteiger partial charge in [0, 0.05) is 0 Å². The third-order valence-electron chi connectivity index (χ3n) is 1.44. The van der Waals surface area contributed by atoms with Crippen molar-refractivity contribution in [1.29, 1.82) is 0 Å². The SMILES string of the molecule is CC1(C)CC(C)(C)O[Se](=O)O1. The molecule has 0 aromatic rings. The molecule has 1 saturated heterocycles. The van der Waals surface area contributed by atoms with Gasteiger partial charge in [0.05, 0.1) is 0 Å². The molecule has 1 aliphatic rings. The zero-order valence-corrected chi connectivity index (χ0v) is 9.05. The van der Waals surface area contributed by atoms with Gasteiger partial charge in [0.25, 0.3) is 0 Å². The molecule has 0 spiro atoms. The molecule has 0 aromatic heterocycles. The van der Waals surface area contributed by atoms with Crippen molar-refractivity contribution in [2.24, 2.45) is 0 Å². The van der Waals surface area contributed by atoms with Crippen molar-refractivity contribution in [3.05, 3.63) is 0 Å². The Morgan fingerprint density at radius 3 is 1.73 bits per heavy atom. The summed E-state index contributed by atoms with van der Waals surface area (Å²) in [6.07, 6.45) is 0.780. The van der Waals surface area contributed by atoms with Gasteiger partial charge in [0.15, 0.2) is 0 Å². The fourth-order valence-corrected chi connectivity index (χ4v) is 3.33. The summed E-state index contributed by atoms with van der Waals surface area (Å²) in [4.78, 5) is 0. The van der Waals surface area contributed by atoms with Crippen LogP contribution in [-0.4, -0.2) is 25.7 Å². The van der Waals surface area contributed by atoms with Crippen LogP contribution in [0.4, 0.5) is 0 Å².